The fourth-order valence-corrected chi connectivity index (χ4v) is 1.40. The molecular weight excluding hydrogens is 181 g/mol. The Morgan fingerprint density at radius 3 is 2.79 bits per heavy atom. The van der Waals surface area contributed by atoms with Crippen LogP contribution in [0.4, 0.5) is 4.39 Å². The molecule has 2 N–H and O–H groups in total. The molecule has 78 valence electrons. The van der Waals surface area contributed by atoms with Gasteiger partial charge in [-0.05, 0) is 32.0 Å². The van der Waals surface area contributed by atoms with Gasteiger partial charge in [0.25, 0.3) is 0 Å². The van der Waals surface area contributed by atoms with Crippen LogP contribution in [0.3, 0.4) is 0 Å². The van der Waals surface area contributed by atoms with Crippen LogP contribution < -0.4 is 10.5 Å². The number of benzene rings is 1. The number of ether oxygens (including phenoxy) is 1. The Morgan fingerprint density at radius 2 is 2.21 bits per heavy atom. The van der Waals surface area contributed by atoms with Gasteiger partial charge in [-0.1, -0.05) is 11.6 Å². The molecule has 1 rings (SSSR count). The van der Waals surface area contributed by atoms with E-state index < -0.39 is 6.17 Å². The van der Waals surface area contributed by atoms with Crippen molar-refractivity contribution in [3.8, 4) is 5.75 Å². The van der Waals surface area contributed by atoms with Crippen molar-refractivity contribution in [3.05, 3.63) is 29.3 Å². The van der Waals surface area contributed by atoms with Gasteiger partial charge in [0.05, 0.1) is 7.11 Å². The number of rotatable bonds is 4. The van der Waals surface area contributed by atoms with Crippen LogP contribution in [0.1, 0.15) is 23.7 Å². The first-order valence-electron chi connectivity index (χ1n) is 4.67. The molecule has 0 radical (unpaired) electrons. The zero-order valence-electron chi connectivity index (χ0n) is 8.59. The fourth-order valence-electron chi connectivity index (χ4n) is 1.40. The minimum atomic E-state index is -1.03. The Labute approximate surface area is 83.9 Å². The normalized spacial score (nSPS) is 12.6. The van der Waals surface area contributed by atoms with Gasteiger partial charge in [0, 0.05) is 5.56 Å². The van der Waals surface area contributed by atoms with Crippen molar-refractivity contribution in [2.24, 2.45) is 5.73 Å². The Hall–Kier alpha value is -1.09. The molecule has 0 fully saturated rings. The first kappa shape index (κ1) is 11.0. The molecule has 2 nitrogen and oxygen atoms in total. The minimum absolute atomic E-state index is 0.333. The van der Waals surface area contributed by atoms with Gasteiger partial charge in [-0.3, -0.25) is 0 Å². The highest BCUT2D eigenvalue weighted by atomic mass is 19.1. The fraction of sp³-hybridized carbons (Fsp3) is 0.455. The van der Waals surface area contributed by atoms with Crippen molar-refractivity contribution in [2.45, 2.75) is 19.5 Å². The molecule has 14 heavy (non-hydrogen) atoms. The van der Waals surface area contributed by atoms with Crippen molar-refractivity contribution >= 4 is 0 Å². The highest BCUT2D eigenvalue weighted by Crippen LogP contribution is 2.30. The van der Waals surface area contributed by atoms with Crippen molar-refractivity contribution in [1.29, 1.82) is 0 Å². The van der Waals surface area contributed by atoms with E-state index in [9.17, 15) is 4.39 Å². The molecular formula is C11H16FNO. The summed E-state index contributed by atoms with van der Waals surface area (Å²) in [4.78, 5) is 0. The molecule has 1 unspecified atom stereocenters. The zero-order valence-corrected chi connectivity index (χ0v) is 8.59. The lowest BCUT2D eigenvalue weighted by atomic mass is 10.0. The van der Waals surface area contributed by atoms with Crippen molar-refractivity contribution in [1.82, 2.24) is 0 Å². The first-order valence-corrected chi connectivity index (χ1v) is 4.67. The maximum Gasteiger partial charge on any atom is 0.130 e. The summed E-state index contributed by atoms with van der Waals surface area (Å²) in [6, 6.07) is 5.49. The molecule has 1 aromatic carbocycles. The van der Waals surface area contributed by atoms with E-state index in [2.05, 4.69) is 0 Å². The van der Waals surface area contributed by atoms with E-state index in [0.29, 0.717) is 24.3 Å². The van der Waals surface area contributed by atoms with Crippen LogP contribution in [0.2, 0.25) is 0 Å². The van der Waals surface area contributed by atoms with Gasteiger partial charge in [-0.25, -0.2) is 4.39 Å². The number of nitrogens with two attached hydrogens (primary N) is 1. The van der Waals surface area contributed by atoms with Crippen LogP contribution in [0, 0.1) is 6.92 Å². The largest absolute Gasteiger partial charge is 0.496 e. The zero-order chi connectivity index (χ0) is 10.6. The quantitative estimate of drug-likeness (QED) is 0.804. The summed E-state index contributed by atoms with van der Waals surface area (Å²) in [7, 11) is 1.54. The number of aryl methyl sites for hydroxylation is 1. The van der Waals surface area contributed by atoms with Gasteiger partial charge in [0.1, 0.15) is 11.9 Å². The predicted octanol–water partition coefficient (Wildman–Crippen LogP) is 2.36. The van der Waals surface area contributed by atoms with Gasteiger partial charge in [-0.2, -0.15) is 0 Å². The molecule has 0 amide bonds. The summed E-state index contributed by atoms with van der Waals surface area (Å²) in [5, 5.41) is 0. The lowest BCUT2D eigenvalue weighted by Crippen LogP contribution is -2.05. The van der Waals surface area contributed by atoms with Crippen molar-refractivity contribution < 1.29 is 9.13 Å². The maximum absolute atomic E-state index is 13.6. The van der Waals surface area contributed by atoms with E-state index in [-0.39, 0.29) is 0 Å². The van der Waals surface area contributed by atoms with Crippen LogP contribution in [0.15, 0.2) is 18.2 Å². The van der Waals surface area contributed by atoms with Gasteiger partial charge in [0.2, 0.25) is 0 Å². The molecule has 3 heteroatoms. The second-order valence-corrected chi connectivity index (χ2v) is 3.29. The molecule has 0 aliphatic carbocycles. The smallest absolute Gasteiger partial charge is 0.130 e. The SMILES string of the molecule is COc1ccc(C)cc1C(F)CCN. The first-order chi connectivity index (χ1) is 6.69. The van der Waals surface area contributed by atoms with Crippen molar-refractivity contribution in [2.75, 3.05) is 13.7 Å². The van der Waals surface area contributed by atoms with Gasteiger partial charge >= 0.3 is 0 Å². The Balaban J connectivity index is 2.97. The van der Waals surface area contributed by atoms with E-state index >= 15 is 0 Å². The van der Waals surface area contributed by atoms with Crippen LogP contribution in [-0.4, -0.2) is 13.7 Å². The Kier molecular flexibility index (Phi) is 3.89. The molecule has 0 saturated heterocycles. The lowest BCUT2D eigenvalue weighted by Gasteiger charge is -2.12. The van der Waals surface area contributed by atoms with Crippen LogP contribution >= 0.6 is 0 Å². The third-order valence-electron chi connectivity index (χ3n) is 2.14. The molecule has 0 spiro atoms. The topological polar surface area (TPSA) is 35.2 Å². The second-order valence-electron chi connectivity index (χ2n) is 3.29. The number of methoxy groups -OCH3 is 1. The van der Waals surface area contributed by atoms with Crippen molar-refractivity contribution in [3.63, 3.8) is 0 Å². The summed E-state index contributed by atoms with van der Waals surface area (Å²) in [6.45, 7) is 2.27. The standard InChI is InChI=1S/C11H16FNO/c1-8-3-4-11(14-2)9(7-8)10(12)5-6-13/h3-4,7,10H,5-6,13H2,1-2H3. The predicted molar refractivity (Wildman–Crippen MR) is 55.3 cm³/mol. The molecule has 1 aromatic rings. The molecule has 0 bridgehead atoms. The summed E-state index contributed by atoms with van der Waals surface area (Å²) in [5.41, 5.74) is 6.94. The van der Waals surface area contributed by atoms with E-state index in [1.54, 1.807) is 19.2 Å². The third kappa shape index (κ3) is 2.45. The van der Waals surface area contributed by atoms with Crippen LogP contribution in [-0.2, 0) is 0 Å². The average Bonchev–Trinajstić information content (AvgIpc) is 2.18. The Morgan fingerprint density at radius 1 is 1.50 bits per heavy atom. The summed E-state index contributed by atoms with van der Waals surface area (Å²) >= 11 is 0. The van der Waals surface area contributed by atoms with E-state index in [4.69, 9.17) is 10.5 Å². The molecule has 0 saturated carbocycles. The average molecular weight is 197 g/mol. The highest BCUT2D eigenvalue weighted by molar-refractivity contribution is 5.38. The number of alkyl halides is 1. The summed E-state index contributed by atoms with van der Waals surface area (Å²) in [6.07, 6.45) is -0.699. The van der Waals surface area contributed by atoms with Gasteiger partial charge in [0.15, 0.2) is 0 Å². The monoisotopic (exact) mass is 197 g/mol. The number of halogens is 1. The summed E-state index contributed by atoms with van der Waals surface area (Å²) < 4.78 is 18.7. The van der Waals surface area contributed by atoms with Crippen LogP contribution in [0.5, 0.6) is 5.75 Å². The summed E-state index contributed by atoms with van der Waals surface area (Å²) in [5.74, 6) is 0.594. The molecule has 0 aliphatic heterocycles. The van der Waals surface area contributed by atoms with Crippen LogP contribution in [0.25, 0.3) is 0 Å². The molecule has 0 aliphatic rings. The minimum Gasteiger partial charge on any atom is -0.496 e. The molecule has 0 heterocycles. The number of hydrogen-bond acceptors (Lipinski definition) is 2. The Bertz CT molecular complexity index is 301. The van der Waals surface area contributed by atoms with E-state index in [1.807, 2.05) is 13.0 Å². The van der Waals surface area contributed by atoms with E-state index in [1.165, 1.54) is 0 Å². The molecule has 1 atom stereocenters. The second kappa shape index (κ2) is 4.96. The number of hydrogen-bond donors (Lipinski definition) is 1. The highest BCUT2D eigenvalue weighted by Gasteiger charge is 2.14. The van der Waals surface area contributed by atoms with E-state index in [0.717, 1.165) is 5.56 Å². The van der Waals surface area contributed by atoms with Gasteiger partial charge in [-0.15, -0.1) is 0 Å². The third-order valence-corrected chi connectivity index (χ3v) is 2.14. The van der Waals surface area contributed by atoms with Gasteiger partial charge < -0.3 is 10.5 Å². The lowest BCUT2D eigenvalue weighted by molar-refractivity contribution is 0.311. The maximum atomic E-state index is 13.6. The molecule has 0 aromatic heterocycles.